The van der Waals surface area contributed by atoms with Gasteiger partial charge < -0.3 is 10.3 Å². The van der Waals surface area contributed by atoms with E-state index in [9.17, 15) is 9.00 Å². The zero-order valence-electron chi connectivity index (χ0n) is 14.8. The number of nitrogens with one attached hydrogen (secondary N) is 3. The molecule has 0 fully saturated rings. The number of rotatable bonds is 6. The number of halogens is 2. The van der Waals surface area contributed by atoms with Gasteiger partial charge in [-0.3, -0.25) is 9.52 Å². The Hall–Kier alpha value is -2.02. The van der Waals surface area contributed by atoms with Gasteiger partial charge in [0.25, 0.3) is 5.91 Å². The average molecular weight is 424 g/mol. The first-order chi connectivity index (χ1) is 12.9. The molecule has 1 unspecified atom stereocenters. The number of carbonyl (C=O) groups excluding carboxylic acids is 1. The molecule has 5 nitrogen and oxygen atoms in total. The summed E-state index contributed by atoms with van der Waals surface area (Å²) in [7, 11) is -1.51. The molecule has 0 aliphatic rings. The highest BCUT2D eigenvalue weighted by molar-refractivity contribution is 7.86. The van der Waals surface area contributed by atoms with Gasteiger partial charge in [-0.25, -0.2) is 4.21 Å². The fourth-order valence-corrected chi connectivity index (χ4v) is 3.97. The number of fused-ring (bicyclic) bond motifs is 1. The van der Waals surface area contributed by atoms with Gasteiger partial charge in [0.15, 0.2) is 0 Å². The van der Waals surface area contributed by atoms with E-state index < -0.39 is 11.0 Å². The third-order valence-corrected chi connectivity index (χ3v) is 5.66. The largest absolute Gasteiger partial charge is 0.358 e. The lowest BCUT2D eigenvalue weighted by Crippen LogP contribution is -2.27. The Morgan fingerprint density at radius 3 is 2.48 bits per heavy atom. The molecule has 142 valence electrons. The lowest BCUT2D eigenvalue weighted by Gasteiger charge is -2.10. The van der Waals surface area contributed by atoms with Crippen molar-refractivity contribution in [2.45, 2.75) is 18.7 Å². The molecule has 0 aliphatic carbocycles. The van der Waals surface area contributed by atoms with Crippen LogP contribution in [0.5, 0.6) is 0 Å². The molecular formula is C19H19Cl2N3O2S. The second kappa shape index (κ2) is 8.33. The third-order valence-electron chi connectivity index (χ3n) is 3.94. The Morgan fingerprint density at radius 2 is 1.81 bits per heavy atom. The van der Waals surface area contributed by atoms with Crippen molar-refractivity contribution in [1.82, 2.24) is 10.3 Å². The molecule has 8 heteroatoms. The molecule has 1 heterocycles. The SMILES string of the molecule is CC(C)CNC(=O)c1ccc(S(=O)Nc2ccc(Cl)c3c(Cl)c[nH]c23)cc1. The van der Waals surface area contributed by atoms with E-state index in [0.29, 0.717) is 49.6 Å². The Labute approximate surface area is 170 Å². The maximum absolute atomic E-state index is 12.7. The zero-order chi connectivity index (χ0) is 19.6. The monoisotopic (exact) mass is 423 g/mol. The Bertz CT molecular complexity index is 1000. The first-order valence-corrected chi connectivity index (χ1v) is 10.3. The molecule has 0 bridgehead atoms. The number of hydrogen-bond donors (Lipinski definition) is 3. The van der Waals surface area contributed by atoms with Crippen LogP contribution in [0.3, 0.4) is 0 Å². The number of benzene rings is 2. The highest BCUT2D eigenvalue weighted by Crippen LogP contribution is 2.35. The summed E-state index contributed by atoms with van der Waals surface area (Å²) in [6, 6.07) is 10.1. The molecular weight excluding hydrogens is 405 g/mol. The lowest BCUT2D eigenvalue weighted by molar-refractivity contribution is 0.0949. The molecule has 2 aromatic carbocycles. The van der Waals surface area contributed by atoms with Crippen molar-refractivity contribution < 1.29 is 9.00 Å². The van der Waals surface area contributed by atoms with Gasteiger partial charge in [-0.05, 0) is 42.3 Å². The highest BCUT2D eigenvalue weighted by Gasteiger charge is 2.13. The molecule has 0 aliphatic heterocycles. The third kappa shape index (κ3) is 4.46. The molecule has 0 saturated carbocycles. The van der Waals surface area contributed by atoms with Gasteiger partial charge in [-0.15, -0.1) is 0 Å². The molecule has 3 aromatic rings. The van der Waals surface area contributed by atoms with Crippen LogP contribution in [-0.2, 0) is 11.0 Å². The van der Waals surface area contributed by atoms with E-state index in [1.807, 2.05) is 13.8 Å². The molecule has 3 N–H and O–H groups in total. The number of amides is 1. The minimum atomic E-state index is -1.51. The fourth-order valence-electron chi connectivity index (χ4n) is 2.54. The van der Waals surface area contributed by atoms with Crippen LogP contribution < -0.4 is 10.0 Å². The van der Waals surface area contributed by atoms with E-state index in [1.165, 1.54) is 0 Å². The lowest BCUT2D eigenvalue weighted by atomic mass is 10.2. The van der Waals surface area contributed by atoms with Gasteiger partial charge in [0, 0.05) is 23.7 Å². The van der Waals surface area contributed by atoms with Crippen LogP contribution in [0.1, 0.15) is 24.2 Å². The summed E-state index contributed by atoms with van der Waals surface area (Å²) in [5.41, 5.74) is 1.84. The summed E-state index contributed by atoms with van der Waals surface area (Å²) < 4.78 is 15.6. The van der Waals surface area contributed by atoms with E-state index in [1.54, 1.807) is 42.6 Å². The fraction of sp³-hybridized carbons (Fsp3) is 0.211. The molecule has 1 aromatic heterocycles. The van der Waals surface area contributed by atoms with Gasteiger partial charge in [0.05, 0.1) is 26.1 Å². The minimum Gasteiger partial charge on any atom is -0.358 e. The number of carbonyl (C=O) groups is 1. The quantitative estimate of drug-likeness (QED) is 0.521. The first-order valence-electron chi connectivity index (χ1n) is 8.38. The number of aromatic amines is 1. The van der Waals surface area contributed by atoms with Crippen LogP contribution in [0.25, 0.3) is 10.9 Å². The summed E-state index contributed by atoms with van der Waals surface area (Å²) in [6.45, 7) is 4.67. The average Bonchev–Trinajstić information content (AvgIpc) is 3.05. The van der Waals surface area contributed by atoms with Crippen LogP contribution in [-0.4, -0.2) is 21.6 Å². The van der Waals surface area contributed by atoms with Crippen LogP contribution in [0.2, 0.25) is 10.0 Å². The van der Waals surface area contributed by atoms with E-state index in [-0.39, 0.29) is 5.91 Å². The van der Waals surface area contributed by atoms with Crippen LogP contribution in [0, 0.1) is 5.92 Å². The second-order valence-corrected chi connectivity index (χ2v) is 8.51. The number of hydrogen-bond acceptors (Lipinski definition) is 2. The molecule has 1 atom stereocenters. The Morgan fingerprint density at radius 1 is 1.11 bits per heavy atom. The van der Waals surface area contributed by atoms with Gasteiger partial charge in [-0.2, -0.15) is 0 Å². The second-order valence-electron chi connectivity index (χ2n) is 6.48. The summed E-state index contributed by atoms with van der Waals surface area (Å²) >= 11 is 12.3. The summed E-state index contributed by atoms with van der Waals surface area (Å²) in [6.07, 6.45) is 1.64. The number of H-pyrrole nitrogens is 1. The van der Waals surface area contributed by atoms with Crippen LogP contribution in [0.15, 0.2) is 47.5 Å². The maximum atomic E-state index is 12.7. The molecule has 0 spiro atoms. The molecule has 1 amide bonds. The predicted octanol–water partition coefficient (Wildman–Crippen LogP) is 5.00. The molecule has 27 heavy (non-hydrogen) atoms. The topological polar surface area (TPSA) is 74.0 Å². The normalized spacial score (nSPS) is 12.3. The van der Waals surface area contributed by atoms with Crippen molar-refractivity contribution >= 4 is 56.7 Å². The van der Waals surface area contributed by atoms with Crippen molar-refractivity contribution in [3.63, 3.8) is 0 Å². The predicted molar refractivity (Wildman–Crippen MR) is 112 cm³/mol. The van der Waals surface area contributed by atoms with Crippen LogP contribution >= 0.6 is 23.2 Å². The molecule has 3 rings (SSSR count). The van der Waals surface area contributed by atoms with Gasteiger partial charge in [0.1, 0.15) is 11.0 Å². The minimum absolute atomic E-state index is 0.144. The van der Waals surface area contributed by atoms with E-state index in [0.717, 1.165) is 0 Å². The van der Waals surface area contributed by atoms with Crippen molar-refractivity contribution in [3.8, 4) is 0 Å². The maximum Gasteiger partial charge on any atom is 0.251 e. The van der Waals surface area contributed by atoms with Gasteiger partial charge >= 0.3 is 0 Å². The van der Waals surface area contributed by atoms with Crippen LogP contribution in [0.4, 0.5) is 5.69 Å². The van der Waals surface area contributed by atoms with Crippen molar-refractivity contribution in [2.75, 3.05) is 11.3 Å². The standard InChI is InChI=1S/C19H19Cl2N3O2S/c1-11(2)9-23-19(25)12-3-5-13(6-4-12)27(26)24-16-8-7-14(20)17-15(21)10-22-18(16)17/h3-8,10-11,22,24H,9H2,1-2H3,(H,23,25). The molecule has 0 radical (unpaired) electrons. The van der Waals surface area contributed by atoms with E-state index >= 15 is 0 Å². The number of anilines is 1. The number of aromatic nitrogens is 1. The van der Waals surface area contributed by atoms with E-state index in [2.05, 4.69) is 15.0 Å². The highest BCUT2D eigenvalue weighted by atomic mass is 35.5. The molecule has 0 saturated heterocycles. The van der Waals surface area contributed by atoms with Crippen molar-refractivity contribution in [3.05, 3.63) is 58.2 Å². The van der Waals surface area contributed by atoms with Gasteiger partial charge in [-0.1, -0.05) is 37.0 Å². The Kier molecular flexibility index (Phi) is 6.09. The Balaban J connectivity index is 1.75. The smallest absolute Gasteiger partial charge is 0.251 e. The van der Waals surface area contributed by atoms with Crippen molar-refractivity contribution in [2.24, 2.45) is 5.92 Å². The summed E-state index contributed by atoms with van der Waals surface area (Å²) in [4.78, 5) is 15.7. The van der Waals surface area contributed by atoms with Crippen molar-refractivity contribution in [1.29, 1.82) is 0 Å². The van der Waals surface area contributed by atoms with Gasteiger partial charge in [0.2, 0.25) is 0 Å². The van der Waals surface area contributed by atoms with E-state index in [4.69, 9.17) is 23.2 Å². The zero-order valence-corrected chi connectivity index (χ0v) is 17.1. The summed E-state index contributed by atoms with van der Waals surface area (Å²) in [5.74, 6) is 0.233. The first kappa shape index (κ1) is 19.7. The summed E-state index contributed by atoms with van der Waals surface area (Å²) in [5, 5.41) is 4.55.